The molecule has 0 bridgehead atoms. The summed E-state index contributed by atoms with van der Waals surface area (Å²) in [5.41, 5.74) is 5.64. The summed E-state index contributed by atoms with van der Waals surface area (Å²) in [6.45, 7) is 13.6. The Kier molecular flexibility index (Phi) is 9.41. The van der Waals surface area contributed by atoms with Gasteiger partial charge in [0, 0.05) is 29.4 Å². The number of aryl methyl sites for hydroxylation is 1. The first kappa shape index (κ1) is 28.7. The van der Waals surface area contributed by atoms with E-state index in [0.717, 1.165) is 40.7 Å². The van der Waals surface area contributed by atoms with Crippen molar-refractivity contribution in [1.82, 2.24) is 9.97 Å². The SMILES string of the molecule is CCCC1=C(/C(C(=O)C(C)C)=C(\C)C(C)CC)CCc2cnc(Nc3cc(Cl)ncc3C(C)=O)c(F)c21. The number of halogens is 2. The maximum absolute atomic E-state index is 16.3. The molecule has 1 aliphatic carbocycles. The molecular weight excluding hydrogens is 489 g/mol. The second-order valence-electron chi connectivity index (χ2n) is 10.1. The van der Waals surface area contributed by atoms with Gasteiger partial charge in [-0.25, -0.2) is 14.4 Å². The van der Waals surface area contributed by atoms with Crippen molar-refractivity contribution in [3.63, 3.8) is 0 Å². The Labute approximate surface area is 224 Å². The predicted octanol–water partition coefficient (Wildman–Crippen LogP) is 8.30. The number of ketones is 2. The fraction of sp³-hybridized carbons (Fsp3) is 0.467. The number of fused-ring (bicyclic) bond motifs is 1. The molecule has 0 amide bonds. The molecule has 0 spiro atoms. The van der Waals surface area contributed by atoms with E-state index < -0.39 is 5.82 Å². The molecule has 0 aromatic carbocycles. The fourth-order valence-corrected chi connectivity index (χ4v) is 5.01. The highest BCUT2D eigenvalue weighted by Crippen LogP contribution is 2.43. The number of nitrogens with zero attached hydrogens (tertiary/aromatic N) is 2. The minimum atomic E-state index is -0.488. The van der Waals surface area contributed by atoms with Gasteiger partial charge in [0.1, 0.15) is 5.15 Å². The lowest BCUT2D eigenvalue weighted by Gasteiger charge is -2.28. The predicted molar refractivity (Wildman–Crippen MR) is 149 cm³/mol. The van der Waals surface area contributed by atoms with Crippen LogP contribution in [0.1, 0.15) is 95.6 Å². The normalized spacial score (nSPS) is 14.9. The average molecular weight is 526 g/mol. The van der Waals surface area contributed by atoms with E-state index in [9.17, 15) is 9.59 Å². The van der Waals surface area contributed by atoms with Gasteiger partial charge in [0.05, 0.1) is 11.3 Å². The highest BCUT2D eigenvalue weighted by atomic mass is 35.5. The van der Waals surface area contributed by atoms with Gasteiger partial charge in [0.25, 0.3) is 0 Å². The quantitative estimate of drug-likeness (QED) is 0.192. The van der Waals surface area contributed by atoms with Crippen molar-refractivity contribution < 1.29 is 14.0 Å². The van der Waals surface area contributed by atoms with Crippen LogP contribution in [0.25, 0.3) is 5.57 Å². The Morgan fingerprint density at radius 3 is 2.41 bits per heavy atom. The summed E-state index contributed by atoms with van der Waals surface area (Å²) < 4.78 is 16.3. The minimum absolute atomic E-state index is 0.0118. The van der Waals surface area contributed by atoms with E-state index >= 15 is 4.39 Å². The summed E-state index contributed by atoms with van der Waals surface area (Å²) in [7, 11) is 0. The third kappa shape index (κ3) is 6.01. The third-order valence-corrected chi connectivity index (χ3v) is 7.44. The molecule has 3 rings (SSSR count). The lowest BCUT2D eigenvalue weighted by molar-refractivity contribution is -0.118. The Hall–Kier alpha value is -2.86. The van der Waals surface area contributed by atoms with Gasteiger partial charge in [-0.3, -0.25) is 9.59 Å². The second-order valence-corrected chi connectivity index (χ2v) is 10.5. The summed E-state index contributed by atoms with van der Waals surface area (Å²) in [4.78, 5) is 34.0. The van der Waals surface area contributed by atoms with Gasteiger partial charge in [0.15, 0.2) is 23.2 Å². The van der Waals surface area contributed by atoms with Gasteiger partial charge in [0.2, 0.25) is 0 Å². The van der Waals surface area contributed by atoms with Crippen LogP contribution in [0.2, 0.25) is 5.15 Å². The first-order chi connectivity index (χ1) is 17.5. The van der Waals surface area contributed by atoms with Gasteiger partial charge in [-0.05, 0) is 68.2 Å². The number of nitrogens with one attached hydrogen (secondary N) is 1. The van der Waals surface area contributed by atoms with Gasteiger partial charge in [-0.1, -0.05) is 58.2 Å². The van der Waals surface area contributed by atoms with Crippen LogP contribution in [-0.4, -0.2) is 21.5 Å². The van der Waals surface area contributed by atoms with Crippen LogP contribution in [0.5, 0.6) is 0 Å². The van der Waals surface area contributed by atoms with E-state index in [1.807, 2.05) is 20.8 Å². The molecule has 0 fully saturated rings. The number of aromatic nitrogens is 2. The van der Waals surface area contributed by atoms with E-state index in [4.69, 9.17) is 11.6 Å². The summed E-state index contributed by atoms with van der Waals surface area (Å²) in [5, 5.41) is 3.16. The van der Waals surface area contributed by atoms with E-state index in [0.29, 0.717) is 36.1 Å². The number of anilines is 2. The van der Waals surface area contributed by atoms with Gasteiger partial charge in [-0.2, -0.15) is 0 Å². The Balaban J connectivity index is 2.25. The molecule has 5 nitrogen and oxygen atoms in total. The van der Waals surface area contributed by atoms with Crippen LogP contribution < -0.4 is 5.32 Å². The number of rotatable bonds is 10. The summed E-state index contributed by atoms with van der Waals surface area (Å²) >= 11 is 6.06. The maximum atomic E-state index is 16.3. The van der Waals surface area contributed by atoms with Crippen molar-refractivity contribution in [2.24, 2.45) is 11.8 Å². The first-order valence-electron chi connectivity index (χ1n) is 13.1. The van der Waals surface area contributed by atoms with Crippen LogP contribution in [0.15, 0.2) is 35.2 Å². The Morgan fingerprint density at radius 2 is 1.81 bits per heavy atom. The monoisotopic (exact) mass is 525 g/mol. The van der Waals surface area contributed by atoms with E-state index in [-0.39, 0.29) is 34.4 Å². The topological polar surface area (TPSA) is 72.0 Å². The number of hydrogen-bond acceptors (Lipinski definition) is 5. The highest BCUT2D eigenvalue weighted by Gasteiger charge is 2.31. The number of allylic oxidation sites excluding steroid dienone is 4. The molecule has 1 aliphatic rings. The van der Waals surface area contributed by atoms with Gasteiger partial charge in [-0.15, -0.1) is 0 Å². The maximum Gasteiger partial charge on any atom is 0.173 e. The minimum Gasteiger partial charge on any atom is -0.337 e. The number of Topliss-reactive ketones (excluding diaryl/α,β-unsaturated/α-hetero) is 2. The number of carbonyl (C=O) groups is 2. The van der Waals surface area contributed by atoms with Crippen LogP contribution in [-0.2, 0) is 11.2 Å². The molecule has 198 valence electrons. The Morgan fingerprint density at radius 1 is 1.11 bits per heavy atom. The zero-order valence-electron chi connectivity index (χ0n) is 22.9. The molecule has 7 heteroatoms. The number of carbonyl (C=O) groups excluding carboxylic acids is 2. The van der Waals surface area contributed by atoms with Crippen LogP contribution in [0.3, 0.4) is 0 Å². The fourth-order valence-electron chi connectivity index (χ4n) is 4.85. The van der Waals surface area contributed by atoms with E-state index in [2.05, 4.69) is 36.1 Å². The standard InChI is InChI=1S/C30H37ClFN3O2/c1-8-10-21-22(26(29(37)16(3)4)18(6)17(5)9-2)12-11-20-14-34-30(28(32)27(20)21)35-24-13-25(31)33-15-23(24)19(7)36/h13-17H,8-12H2,1-7H3,(H,33,34,35)/b26-18-. The van der Waals surface area contributed by atoms with Gasteiger partial charge >= 0.3 is 0 Å². The Bertz CT molecular complexity index is 1280. The van der Waals surface area contributed by atoms with Crippen LogP contribution in [0, 0.1) is 17.7 Å². The molecule has 37 heavy (non-hydrogen) atoms. The molecule has 0 saturated heterocycles. The molecule has 2 heterocycles. The van der Waals surface area contributed by atoms with Crippen molar-refractivity contribution >= 4 is 40.2 Å². The lowest BCUT2D eigenvalue weighted by Crippen LogP contribution is -2.20. The van der Waals surface area contributed by atoms with Crippen molar-refractivity contribution in [2.75, 3.05) is 5.32 Å². The molecule has 1 N–H and O–H groups in total. The summed E-state index contributed by atoms with van der Waals surface area (Å²) in [6, 6.07) is 1.49. The van der Waals surface area contributed by atoms with Gasteiger partial charge < -0.3 is 5.32 Å². The smallest absolute Gasteiger partial charge is 0.173 e. The van der Waals surface area contributed by atoms with E-state index in [1.165, 1.54) is 19.2 Å². The highest BCUT2D eigenvalue weighted by molar-refractivity contribution is 6.29. The van der Waals surface area contributed by atoms with Crippen LogP contribution in [0.4, 0.5) is 15.9 Å². The summed E-state index contributed by atoms with van der Waals surface area (Å²) in [6.07, 6.45) is 6.71. The van der Waals surface area contributed by atoms with Crippen molar-refractivity contribution in [3.05, 3.63) is 62.8 Å². The largest absolute Gasteiger partial charge is 0.337 e. The molecule has 1 unspecified atom stereocenters. The summed E-state index contributed by atoms with van der Waals surface area (Å²) in [5.74, 6) is -0.505. The molecule has 0 radical (unpaired) electrons. The second kappa shape index (κ2) is 12.1. The van der Waals surface area contributed by atoms with Crippen molar-refractivity contribution in [3.8, 4) is 0 Å². The number of hydrogen-bond donors (Lipinski definition) is 1. The average Bonchev–Trinajstić information content (AvgIpc) is 2.86. The first-order valence-corrected chi connectivity index (χ1v) is 13.5. The van der Waals surface area contributed by atoms with Crippen LogP contribution >= 0.6 is 11.6 Å². The third-order valence-electron chi connectivity index (χ3n) is 7.23. The van der Waals surface area contributed by atoms with E-state index in [1.54, 1.807) is 6.20 Å². The van der Waals surface area contributed by atoms with Crippen molar-refractivity contribution in [2.45, 2.75) is 80.6 Å². The van der Waals surface area contributed by atoms with Crippen molar-refractivity contribution in [1.29, 1.82) is 0 Å². The molecule has 1 atom stereocenters. The molecule has 2 aromatic rings. The molecule has 0 aliphatic heterocycles. The number of pyridine rings is 2. The molecule has 0 saturated carbocycles. The lowest BCUT2D eigenvalue weighted by atomic mass is 9.76. The zero-order valence-corrected chi connectivity index (χ0v) is 23.6. The zero-order chi connectivity index (χ0) is 27.4. The molecular formula is C30H37ClFN3O2. The molecule has 2 aromatic heterocycles.